The molecule has 2 saturated heterocycles. The average molecular weight is 215 g/mol. The highest BCUT2D eigenvalue weighted by atomic mass is 16.7. The molecule has 0 aromatic rings. The topological polar surface area (TPSA) is 53.7 Å². The second-order valence-electron chi connectivity index (χ2n) is 4.38. The van der Waals surface area contributed by atoms with Crippen LogP contribution in [-0.2, 0) is 14.2 Å². The van der Waals surface area contributed by atoms with Crippen molar-refractivity contribution in [3.05, 3.63) is 0 Å². The Hall–Kier alpha value is -0.160. The van der Waals surface area contributed by atoms with E-state index in [4.69, 9.17) is 19.9 Å². The molecule has 2 atom stereocenters. The number of rotatable bonds is 5. The van der Waals surface area contributed by atoms with Crippen LogP contribution in [0.25, 0.3) is 0 Å². The van der Waals surface area contributed by atoms with Crippen LogP contribution in [0.3, 0.4) is 0 Å². The zero-order chi connectivity index (χ0) is 10.5. The minimum Gasteiger partial charge on any atom is -0.378 e. The fourth-order valence-corrected chi connectivity index (χ4v) is 2.18. The lowest BCUT2D eigenvalue weighted by atomic mass is 10.0. The fourth-order valence-electron chi connectivity index (χ4n) is 2.18. The third-order valence-electron chi connectivity index (χ3n) is 3.07. The van der Waals surface area contributed by atoms with Crippen molar-refractivity contribution < 1.29 is 14.2 Å². The van der Waals surface area contributed by atoms with E-state index in [-0.39, 0.29) is 12.3 Å². The summed E-state index contributed by atoms with van der Waals surface area (Å²) in [6.07, 6.45) is 5.68. The Morgan fingerprint density at radius 1 is 1.13 bits per heavy atom. The molecule has 0 radical (unpaired) electrons. The van der Waals surface area contributed by atoms with E-state index >= 15 is 0 Å². The highest BCUT2D eigenvalue weighted by Crippen LogP contribution is 2.19. The van der Waals surface area contributed by atoms with Gasteiger partial charge >= 0.3 is 0 Å². The van der Waals surface area contributed by atoms with Crippen LogP contribution in [0.2, 0.25) is 0 Å². The van der Waals surface area contributed by atoms with Crippen LogP contribution in [0.1, 0.15) is 32.1 Å². The first-order chi connectivity index (χ1) is 7.34. The summed E-state index contributed by atoms with van der Waals surface area (Å²) < 4.78 is 16.3. The van der Waals surface area contributed by atoms with Crippen LogP contribution >= 0.6 is 0 Å². The summed E-state index contributed by atoms with van der Waals surface area (Å²) in [7, 11) is 0. The third kappa shape index (κ3) is 3.72. The Kier molecular flexibility index (Phi) is 4.38. The summed E-state index contributed by atoms with van der Waals surface area (Å²) in [5, 5.41) is 0. The monoisotopic (exact) mass is 215 g/mol. The first kappa shape index (κ1) is 11.3. The molecule has 2 aliphatic rings. The van der Waals surface area contributed by atoms with E-state index in [0.717, 1.165) is 25.9 Å². The van der Waals surface area contributed by atoms with Crippen molar-refractivity contribution in [1.29, 1.82) is 0 Å². The summed E-state index contributed by atoms with van der Waals surface area (Å²) in [6.45, 7) is 2.35. The molecule has 2 N–H and O–H groups in total. The molecule has 88 valence electrons. The molecule has 0 aromatic carbocycles. The predicted octanol–water partition coefficient (Wildman–Crippen LogP) is 1.04. The second-order valence-corrected chi connectivity index (χ2v) is 4.38. The van der Waals surface area contributed by atoms with Crippen molar-refractivity contribution in [3.8, 4) is 0 Å². The Morgan fingerprint density at radius 2 is 1.93 bits per heavy atom. The van der Waals surface area contributed by atoms with Crippen LogP contribution in [0.5, 0.6) is 0 Å². The maximum atomic E-state index is 6.02. The Morgan fingerprint density at radius 3 is 2.60 bits per heavy atom. The molecule has 0 saturated carbocycles. The Balaban J connectivity index is 1.57. The van der Waals surface area contributed by atoms with Crippen molar-refractivity contribution in [2.45, 2.75) is 50.5 Å². The van der Waals surface area contributed by atoms with E-state index in [1.165, 1.54) is 12.8 Å². The molecule has 2 unspecified atom stereocenters. The molecular weight excluding hydrogens is 194 g/mol. The maximum Gasteiger partial charge on any atom is 0.159 e. The van der Waals surface area contributed by atoms with Crippen LogP contribution in [0.15, 0.2) is 0 Å². The normalized spacial score (nSPS) is 29.8. The summed E-state index contributed by atoms with van der Waals surface area (Å²) in [5.74, 6) is 0. The summed E-state index contributed by atoms with van der Waals surface area (Å²) in [4.78, 5) is 0. The second kappa shape index (κ2) is 5.80. The van der Waals surface area contributed by atoms with Crippen molar-refractivity contribution in [1.82, 2.24) is 0 Å². The van der Waals surface area contributed by atoms with E-state index in [2.05, 4.69) is 0 Å². The highest BCUT2D eigenvalue weighted by Gasteiger charge is 2.21. The molecule has 2 fully saturated rings. The van der Waals surface area contributed by atoms with Crippen molar-refractivity contribution in [2.75, 3.05) is 19.8 Å². The molecule has 2 rings (SSSR count). The van der Waals surface area contributed by atoms with E-state index in [0.29, 0.717) is 19.3 Å². The van der Waals surface area contributed by atoms with Crippen LogP contribution < -0.4 is 5.73 Å². The molecule has 0 bridgehead atoms. The number of hydrogen-bond donors (Lipinski definition) is 1. The third-order valence-corrected chi connectivity index (χ3v) is 3.07. The van der Waals surface area contributed by atoms with Gasteiger partial charge in [0.15, 0.2) is 6.29 Å². The molecule has 0 aromatic heterocycles. The summed E-state index contributed by atoms with van der Waals surface area (Å²) >= 11 is 0. The van der Waals surface area contributed by atoms with Crippen molar-refractivity contribution in [3.63, 3.8) is 0 Å². The van der Waals surface area contributed by atoms with Gasteiger partial charge in [-0.25, -0.2) is 0 Å². The largest absolute Gasteiger partial charge is 0.378 e. The zero-order valence-electron chi connectivity index (χ0n) is 9.19. The summed E-state index contributed by atoms with van der Waals surface area (Å²) in [5.41, 5.74) is 6.02. The number of ether oxygens (including phenoxy) is 3. The van der Waals surface area contributed by atoms with Gasteiger partial charge in [0.05, 0.1) is 19.3 Å². The van der Waals surface area contributed by atoms with Crippen LogP contribution in [0, 0.1) is 0 Å². The lowest BCUT2D eigenvalue weighted by molar-refractivity contribution is -0.0515. The van der Waals surface area contributed by atoms with Gasteiger partial charge in [0.2, 0.25) is 0 Å². The van der Waals surface area contributed by atoms with Gasteiger partial charge in [0.1, 0.15) is 0 Å². The standard InChI is InChI=1S/C11H21NO3/c12-9(8-11-14-6-7-15-11)3-4-10-2-1-5-13-10/h9-11H,1-8,12H2. The molecule has 4 heteroatoms. The Labute approximate surface area is 91.1 Å². The van der Waals surface area contributed by atoms with E-state index < -0.39 is 0 Å². The molecule has 0 aliphatic carbocycles. The average Bonchev–Trinajstić information content (AvgIpc) is 2.86. The minimum absolute atomic E-state index is 0.0653. The number of hydrogen-bond acceptors (Lipinski definition) is 4. The molecule has 0 amide bonds. The lowest BCUT2D eigenvalue weighted by Crippen LogP contribution is -2.27. The fraction of sp³-hybridized carbons (Fsp3) is 1.00. The molecule has 2 aliphatic heterocycles. The quantitative estimate of drug-likeness (QED) is 0.744. The van der Waals surface area contributed by atoms with Crippen molar-refractivity contribution >= 4 is 0 Å². The molecule has 0 spiro atoms. The molecule has 15 heavy (non-hydrogen) atoms. The van der Waals surface area contributed by atoms with Crippen molar-refractivity contribution in [2.24, 2.45) is 5.73 Å². The highest BCUT2D eigenvalue weighted by molar-refractivity contribution is 4.71. The smallest absolute Gasteiger partial charge is 0.159 e. The van der Waals surface area contributed by atoms with Gasteiger partial charge in [-0.1, -0.05) is 0 Å². The molecule has 2 heterocycles. The van der Waals surface area contributed by atoms with Gasteiger partial charge < -0.3 is 19.9 Å². The first-order valence-corrected chi connectivity index (χ1v) is 5.95. The predicted molar refractivity (Wildman–Crippen MR) is 56.5 cm³/mol. The number of nitrogens with two attached hydrogens (primary N) is 1. The van der Waals surface area contributed by atoms with E-state index in [1.807, 2.05) is 0 Å². The maximum absolute atomic E-state index is 6.02. The molecular formula is C11H21NO3. The van der Waals surface area contributed by atoms with Gasteiger partial charge in [-0.2, -0.15) is 0 Å². The lowest BCUT2D eigenvalue weighted by Gasteiger charge is -2.17. The SMILES string of the molecule is NC(CCC1CCCO1)CC1OCCO1. The van der Waals surface area contributed by atoms with Gasteiger partial charge in [-0.3, -0.25) is 0 Å². The summed E-state index contributed by atoms with van der Waals surface area (Å²) in [6, 6.07) is 0.178. The van der Waals surface area contributed by atoms with E-state index in [1.54, 1.807) is 0 Å². The Bertz CT molecular complexity index is 177. The van der Waals surface area contributed by atoms with E-state index in [9.17, 15) is 0 Å². The van der Waals surface area contributed by atoms with Gasteiger partial charge in [0, 0.05) is 19.1 Å². The molecule has 4 nitrogen and oxygen atoms in total. The van der Waals surface area contributed by atoms with Gasteiger partial charge in [-0.15, -0.1) is 0 Å². The van der Waals surface area contributed by atoms with Crippen LogP contribution in [0.4, 0.5) is 0 Å². The zero-order valence-corrected chi connectivity index (χ0v) is 9.19. The van der Waals surface area contributed by atoms with Gasteiger partial charge in [0.25, 0.3) is 0 Å². The van der Waals surface area contributed by atoms with Gasteiger partial charge in [-0.05, 0) is 25.7 Å². The first-order valence-electron chi connectivity index (χ1n) is 5.95. The minimum atomic E-state index is -0.0653. The van der Waals surface area contributed by atoms with Crippen LogP contribution in [-0.4, -0.2) is 38.3 Å².